The average molecular weight is 272 g/mol. The monoisotopic (exact) mass is 272 g/mol. The number of furan rings is 1. The summed E-state index contributed by atoms with van der Waals surface area (Å²) < 4.78 is 5.40. The summed E-state index contributed by atoms with van der Waals surface area (Å²) in [5.74, 6) is 1.01. The van der Waals surface area contributed by atoms with Crippen molar-refractivity contribution in [3.63, 3.8) is 0 Å². The fourth-order valence-corrected chi connectivity index (χ4v) is 2.27. The Morgan fingerprint density at radius 1 is 1.20 bits per heavy atom. The largest absolute Gasteiger partial charge is 0.468 e. The van der Waals surface area contributed by atoms with E-state index in [1.807, 2.05) is 12.1 Å². The predicted octanol–water partition coefficient (Wildman–Crippen LogP) is 3.50. The van der Waals surface area contributed by atoms with Crippen LogP contribution in [0.3, 0.4) is 0 Å². The van der Waals surface area contributed by atoms with Crippen molar-refractivity contribution in [1.29, 1.82) is 0 Å². The zero-order valence-electron chi connectivity index (χ0n) is 12.4. The van der Waals surface area contributed by atoms with Gasteiger partial charge in [0.15, 0.2) is 0 Å². The molecular weight excluding hydrogens is 248 g/mol. The molecule has 0 aliphatic heterocycles. The average Bonchev–Trinajstić information content (AvgIpc) is 2.96. The number of aryl methyl sites for hydroxylation is 1. The molecule has 1 aromatic carbocycles. The quantitative estimate of drug-likeness (QED) is 0.839. The molecule has 0 saturated carbocycles. The van der Waals surface area contributed by atoms with Crippen molar-refractivity contribution in [2.75, 3.05) is 13.1 Å². The first kappa shape index (κ1) is 14.8. The summed E-state index contributed by atoms with van der Waals surface area (Å²) in [5, 5.41) is 0. The number of hydrogen-bond donors (Lipinski definition) is 1. The first-order valence-electron chi connectivity index (χ1n) is 7.26. The van der Waals surface area contributed by atoms with Gasteiger partial charge in [-0.2, -0.15) is 0 Å². The molecule has 2 aromatic rings. The summed E-state index contributed by atoms with van der Waals surface area (Å²) in [7, 11) is 0. The van der Waals surface area contributed by atoms with E-state index in [0.717, 1.165) is 31.8 Å². The summed E-state index contributed by atoms with van der Waals surface area (Å²) in [4.78, 5) is 2.35. The molecule has 1 atom stereocenters. The van der Waals surface area contributed by atoms with Gasteiger partial charge in [-0.1, -0.05) is 36.8 Å². The van der Waals surface area contributed by atoms with E-state index < -0.39 is 0 Å². The third-order valence-corrected chi connectivity index (χ3v) is 3.67. The zero-order valence-corrected chi connectivity index (χ0v) is 12.4. The zero-order chi connectivity index (χ0) is 14.4. The molecular formula is C17H24N2O. The van der Waals surface area contributed by atoms with Crippen LogP contribution in [0.2, 0.25) is 0 Å². The summed E-state index contributed by atoms with van der Waals surface area (Å²) in [5.41, 5.74) is 8.76. The molecule has 0 fully saturated rings. The van der Waals surface area contributed by atoms with Crippen molar-refractivity contribution in [2.24, 2.45) is 5.73 Å². The molecule has 20 heavy (non-hydrogen) atoms. The van der Waals surface area contributed by atoms with Gasteiger partial charge in [0, 0.05) is 12.6 Å². The van der Waals surface area contributed by atoms with Gasteiger partial charge in [0.1, 0.15) is 5.76 Å². The van der Waals surface area contributed by atoms with E-state index in [1.54, 1.807) is 6.26 Å². The minimum atomic E-state index is 0.0984. The van der Waals surface area contributed by atoms with Crippen LogP contribution in [0.4, 0.5) is 0 Å². The number of nitrogens with two attached hydrogens (primary N) is 1. The highest BCUT2D eigenvalue weighted by Gasteiger charge is 2.10. The Balaban J connectivity index is 1.84. The van der Waals surface area contributed by atoms with Crippen molar-refractivity contribution >= 4 is 0 Å². The van der Waals surface area contributed by atoms with E-state index in [0.29, 0.717) is 0 Å². The van der Waals surface area contributed by atoms with Crippen LogP contribution in [0, 0.1) is 6.92 Å². The van der Waals surface area contributed by atoms with Crippen LogP contribution in [0.25, 0.3) is 0 Å². The third kappa shape index (κ3) is 4.22. The maximum absolute atomic E-state index is 6.27. The normalized spacial score (nSPS) is 12.8. The van der Waals surface area contributed by atoms with Gasteiger partial charge in [0.2, 0.25) is 0 Å². The van der Waals surface area contributed by atoms with E-state index in [9.17, 15) is 0 Å². The van der Waals surface area contributed by atoms with Crippen molar-refractivity contribution in [3.05, 3.63) is 59.5 Å². The van der Waals surface area contributed by atoms with Gasteiger partial charge in [-0.15, -0.1) is 0 Å². The van der Waals surface area contributed by atoms with E-state index in [2.05, 4.69) is 43.0 Å². The molecule has 0 aliphatic carbocycles. The fraction of sp³-hybridized carbons (Fsp3) is 0.412. The van der Waals surface area contributed by atoms with Gasteiger partial charge in [0.25, 0.3) is 0 Å². The molecule has 108 valence electrons. The molecule has 0 amide bonds. The van der Waals surface area contributed by atoms with Gasteiger partial charge in [-0.05, 0) is 37.6 Å². The minimum absolute atomic E-state index is 0.0984. The molecule has 0 bridgehead atoms. The van der Waals surface area contributed by atoms with Gasteiger partial charge in [0.05, 0.1) is 12.8 Å². The molecule has 1 unspecified atom stereocenters. The van der Waals surface area contributed by atoms with Gasteiger partial charge in [-0.25, -0.2) is 0 Å². The molecule has 2 N–H and O–H groups in total. The Morgan fingerprint density at radius 3 is 2.55 bits per heavy atom. The Labute approximate surface area is 121 Å². The Kier molecular flexibility index (Phi) is 5.39. The summed E-state index contributed by atoms with van der Waals surface area (Å²) >= 11 is 0. The Hall–Kier alpha value is -1.58. The maximum atomic E-state index is 6.27. The van der Waals surface area contributed by atoms with Crippen LogP contribution >= 0.6 is 0 Å². The second-order valence-corrected chi connectivity index (χ2v) is 5.25. The van der Waals surface area contributed by atoms with Crippen molar-refractivity contribution in [2.45, 2.75) is 32.9 Å². The van der Waals surface area contributed by atoms with E-state index in [1.165, 1.54) is 11.1 Å². The van der Waals surface area contributed by atoms with Crippen LogP contribution in [-0.2, 0) is 6.54 Å². The molecule has 0 spiro atoms. The number of nitrogens with zero attached hydrogens (tertiary/aromatic N) is 1. The van der Waals surface area contributed by atoms with Gasteiger partial charge >= 0.3 is 0 Å². The second-order valence-electron chi connectivity index (χ2n) is 5.25. The van der Waals surface area contributed by atoms with Crippen LogP contribution in [0.5, 0.6) is 0 Å². The first-order chi connectivity index (χ1) is 9.69. The van der Waals surface area contributed by atoms with Gasteiger partial charge in [-0.3, -0.25) is 4.90 Å². The van der Waals surface area contributed by atoms with E-state index >= 15 is 0 Å². The van der Waals surface area contributed by atoms with E-state index in [4.69, 9.17) is 10.2 Å². The topological polar surface area (TPSA) is 42.4 Å². The molecule has 1 aromatic heterocycles. The van der Waals surface area contributed by atoms with Crippen LogP contribution in [0.1, 0.15) is 36.3 Å². The van der Waals surface area contributed by atoms with E-state index in [-0.39, 0.29) is 6.04 Å². The first-order valence-corrected chi connectivity index (χ1v) is 7.26. The summed E-state index contributed by atoms with van der Waals surface area (Å²) in [6.45, 7) is 7.09. The smallest absolute Gasteiger partial charge is 0.117 e. The lowest BCUT2D eigenvalue weighted by atomic mass is 10.0. The molecule has 2 rings (SSSR count). The van der Waals surface area contributed by atoms with Crippen molar-refractivity contribution < 1.29 is 4.42 Å². The molecule has 1 heterocycles. The SMILES string of the molecule is CCN(CCC(N)c1ccc(C)cc1)Cc1ccco1. The van der Waals surface area contributed by atoms with Crippen molar-refractivity contribution in [3.8, 4) is 0 Å². The van der Waals surface area contributed by atoms with Crippen LogP contribution in [0.15, 0.2) is 47.1 Å². The summed E-state index contributed by atoms with van der Waals surface area (Å²) in [6.07, 6.45) is 2.68. The molecule has 0 saturated heterocycles. The highest BCUT2D eigenvalue weighted by atomic mass is 16.3. The van der Waals surface area contributed by atoms with Crippen LogP contribution < -0.4 is 5.73 Å². The highest BCUT2D eigenvalue weighted by Crippen LogP contribution is 2.16. The van der Waals surface area contributed by atoms with Gasteiger partial charge < -0.3 is 10.2 Å². The lowest BCUT2D eigenvalue weighted by Gasteiger charge is -2.21. The lowest BCUT2D eigenvalue weighted by Crippen LogP contribution is -2.26. The number of rotatable bonds is 7. The Morgan fingerprint density at radius 2 is 1.95 bits per heavy atom. The standard InChI is InChI=1S/C17H24N2O/c1-3-19(13-16-5-4-12-20-16)11-10-17(18)15-8-6-14(2)7-9-15/h4-9,12,17H,3,10-11,13,18H2,1-2H3. The minimum Gasteiger partial charge on any atom is -0.468 e. The maximum Gasteiger partial charge on any atom is 0.117 e. The second kappa shape index (κ2) is 7.27. The highest BCUT2D eigenvalue weighted by molar-refractivity contribution is 5.23. The number of benzene rings is 1. The molecule has 0 aliphatic rings. The predicted molar refractivity (Wildman–Crippen MR) is 82.4 cm³/mol. The lowest BCUT2D eigenvalue weighted by molar-refractivity contribution is 0.246. The summed E-state index contributed by atoms with van der Waals surface area (Å²) in [6, 6.07) is 12.5. The molecule has 3 heteroatoms. The molecule has 0 radical (unpaired) electrons. The van der Waals surface area contributed by atoms with Crippen LogP contribution in [-0.4, -0.2) is 18.0 Å². The number of hydrogen-bond acceptors (Lipinski definition) is 3. The molecule has 3 nitrogen and oxygen atoms in total. The third-order valence-electron chi connectivity index (χ3n) is 3.67. The van der Waals surface area contributed by atoms with Crippen molar-refractivity contribution in [1.82, 2.24) is 4.90 Å². The fourth-order valence-electron chi connectivity index (χ4n) is 2.27. The Bertz CT molecular complexity index is 490.